The van der Waals surface area contributed by atoms with Crippen LogP contribution in [-0.4, -0.2) is 48.0 Å². The van der Waals surface area contributed by atoms with E-state index in [0.29, 0.717) is 33.5 Å². The minimum absolute atomic E-state index is 0.228. The van der Waals surface area contributed by atoms with E-state index in [9.17, 15) is 4.79 Å². The van der Waals surface area contributed by atoms with Gasteiger partial charge in [0.05, 0.1) is 10.6 Å². The van der Waals surface area contributed by atoms with Crippen molar-refractivity contribution in [1.82, 2.24) is 9.88 Å². The number of amides is 1. The Balaban J connectivity index is 1.47. The number of likely N-dealkylation sites (tertiary alicyclic amines) is 1. The molecule has 160 valence electrons. The normalized spacial score (nSPS) is 18.8. The number of anilines is 2. The van der Waals surface area contributed by atoms with Gasteiger partial charge < -0.3 is 15.1 Å². The zero-order valence-electron chi connectivity index (χ0n) is 17.4. The van der Waals surface area contributed by atoms with Crippen molar-refractivity contribution >= 4 is 40.6 Å². The van der Waals surface area contributed by atoms with E-state index in [1.165, 1.54) is 19.0 Å². The molecule has 1 N–H and O–H groups in total. The molecule has 1 aliphatic heterocycles. The number of halogens is 2. The Hall–Kier alpha value is -1.82. The second-order valence-corrected chi connectivity index (χ2v) is 9.31. The number of rotatable bonds is 6. The van der Waals surface area contributed by atoms with Crippen LogP contribution in [-0.2, 0) is 0 Å². The fourth-order valence-electron chi connectivity index (χ4n) is 4.38. The molecule has 30 heavy (non-hydrogen) atoms. The minimum atomic E-state index is -0.228. The lowest BCUT2D eigenvalue weighted by Gasteiger charge is -2.40. The van der Waals surface area contributed by atoms with Crippen molar-refractivity contribution in [3.63, 3.8) is 0 Å². The van der Waals surface area contributed by atoms with Crippen LogP contribution in [0.5, 0.6) is 0 Å². The number of benzene rings is 1. The molecule has 2 heterocycles. The zero-order valence-corrected chi connectivity index (χ0v) is 19.0. The highest BCUT2D eigenvalue weighted by Crippen LogP contribution is 2.37. The van der Waals surface area contributed by atoms with E-state index in [2.05, 4.69) is 34.1 Å². The number of hydrogen-bond acceptors (Lipinski definition) is 4. The number of nitrogens with one attached hydrogen (secondary N) is 1. The van der Waals surface area contributed by atoms with Gasteiger partial charge >= 0.3 is 0 Å². The van der Waals surface area contributed by atoms with Crippen molar-refractivity contribution in [1.29, 1.82) is 0 Å². The fourth-order valence-corrected chi connectivity index (χ4v) is 4.67. The second-order valence-electron chi connectivity index (χ2n) is 8.43. The number of hydrogen-bond donors (Lipinski definition) is 1. The highest BCUT2D eigenvalue weighted by Gasteiger charge is 2.34. The third kappa shape index (κ3) is 4.90. The first-order valence-electron chi connectivity index (χ1n) is 10.6. The molecular formula is C23H28Cl2N4O. The van der Waals surface area contributed by atoms with Crippen molar-refractivity contribution in [2.45, 2.75) is 44.7 Å². The topological polar surface area (TPSA) is 48.5 Å². The number of carbonyl (C=O) groups excluding carboxylic acids is 1. The van der Waals surface area contributed by atoms with Gasteiger partial charge in [0.15, 0.2) is 0 Å². The van der Waals surface area contributed by atoms with Crippen molar-refractivity contribution in [3.05, 3.63) is 52.1 Å². The van der Waals surface area contributed by atoms with Crippen LogP contribution in [0.2, 0.25) is 10.0 Å². The van der Waals surface area contributed by atoms with Crippen LogP contribution in [0.4, 0.5) is 11.5 Å². The van der Waals surface area contributed by atoms with Crippen molar-refractivity contribution in [2.75, 3.05) is 30.4 Å². The summed E-state index contributed by atoms with van der Waals surface area (Å²) in [6.07, 6.45) is 6.46. The summed E-state index contributed by atoms with van der Waals surface area (Å²) in [5.74, 6) is 1.13. The van der Waals surface area contributed by atoms with Gasteiger partial charge in [-0.1, -0.05) is 23.2 Å². The molecule has 1 saturated carbocycles. The Morgan fingerprint density at radius 1 is 1.13 bits per heavy atom. The fraction of sp³-hybridized carbons (Fsp3) is 0.478. The summed E-state index contributed by atoms with van der Waals surface area (Å²) in [5, 5.41) is 3.91. The molecule has 5 nitrogen and oxygen atoms in total. The maximum atomic E-state index is 13.0. The molecule has 1 amide bonds. The summed E-state index contributed by atoms with van der Waals surface area (Å²) >= 11 is 12.1. The first kappa shape index (κ1) is 21.4. The van der Waals surface area contributed by atoms with Crippen molar-refractivity contribution in [3.8, 4) is 0 Å². The van der Waals surface area contributed by atoms with E-state index in [4.69, 9.17) is 23.2 Å². The minimum Gasteiger partial charge on any atom is -0.371 e. The Kier molecular flexibility index (Phi) is 6.51. The first-order valence-corrected chi connectivity index (χ1v) is 11.4. The van der Waals surface area contributed by atoms with E-state index in [0.717, 1.165) is 37.5 Å². The molecule has 2 fully saturated rings. The van der Waals surface area contributed by atoms with E-state index < -0.39 is 0 Å². The van der Waals surface area contributed by atoms with Gasteiger partial charge in [-0.2, -0.15) is 0 Å². The Labute approximate surface area is 188 Å². The number of pyridine rings is 1. The maximum absolute atomic E-state index is 13.0. The number of aromatic nitrogens is 1. The monoisotopic (exact) mass is 446 g/mol. The lowest BCUT2D eigenvalue weighted by molar-refractivity contribution is 0.102. The maximum Gasteiger partial charge on any atom is 0.258 e. The van der Waals surface area contributed by atoms with E-state index in [1.807, 2.05) is 12.1 Å². The quantitative estimate of drug-likeness (QED) is 0.650. The molecule has 0 radical (unpaired) electrons. The lowest BCUT2D eigenvalue weighted by atomic mass is 9.99. The second kappa shape index (κ2) is 9.13. The van der Waals surface area contributed by atoms with Crippen LogP contribution in [0.15, 0.2) is 36.5 Å². The molecule has 1 saturated heterocycles. The molecule has 1 atom stereocenters. The standard InChI is InChI=1S/C23H28Cl2N4O/c1-15(16-3-4-16)29-11-9-19(10-12-29)28(2)21-7-5-17(24)13-20(21)23(30)27-22-8-6-18(25)14-26-22/h5-8,13-16,19H,3-4,9-12H2,1-2H3,(H,26,27,30). The van der Waals surface area contributed by atoms with Crippen molar-refractivity contribution in [2.24, 2.45) is 5.92 Å². The van der Waals surface area contributed by atoms with Gasteiger partial charge in [-0.15, -0.1) is 0 Å². The zero-order chi connectivity index (χ0) is 21.3. The molecular weight excluding hydrogens is 419 g/mol. The smallest absolute Gasteiger partial charge is 0.258 e. The van der Waals surface area contributed by atoms with Gasteiger partial charge in [-0.05, 0) is 68.9 Å². The third-order valence-electron chi connectivity index (χ3n) is 6.48. The summed E-state index contributed by atoms with van der Waals surface area (Å²) in [7, 11) is 2.07. The molecule has 4 rings (SSSR count). The Morgan fingerprint density at radius 3 is 2.47 bits per heavy atom. The van der Waals surface area contributed by atoms with Gasteiger partial charge in [0.25, 0.3) is 5.91 Å². The molecule has 0 bridgehead atoms. The van der Waals surface area contributed by atoms with Crippen LogP contribution >= 0.6 is 23.2 Å². The summed E-state index contributed by atoms with van der Waals surface area (Å²) in [4.78, 5) is 22.0. The highest BCUT2D eigenvalue weighted by molar-refractivity contribution is 6.31. The van der Waals surface area contributed by atoms with E-state index >= 15 is 0 Å². The molecule has 1 unspecified atom stereocenters. The van der Waals surface area contributed by atoms with Crippen molar-refractivity contribution < 1.29 is 4.79 Å². The number of nitrogens with zero attached hydrogens (tertiary/aromatic N) is 3. The van der Waals surface area contributed by atoms with E-state index in [1.54, 1.807) is 18.2 Å². The van der Waals surface area contributed by atoms with Crippen LogP contribution in [0.3, 0.4) is 0 Å². The van der Waals surface area contributed by atoms with E-state index in [-0.39, 0.29) is 5.91 Å². The molecule has 7 heteroatoms. The van der Waals surface area contributed by atoms with Gasteiger partial charge in [0, 0.05) is 49.1 Å². The third-order valence-corrected chi connectivity index (χ3v) is 6.94. The molecule has 1 aliphatic carbocycles. The molecule has 0 spiro atoms. The van der Waals surface area contributed by atoms with Crippen LogP contribution < -0.4 is 10.2 Å². The Bertz CT molecular complexity index is 893. The predicted octanol–water partition coefficient (Wildman–Crippen LogP) is 5.34. The van der Waals surface area contributed by atoms with Gasteiger partial charge in [-0.3, -0.25) is 4.79 Å². The number of piperidine rings is 1. The highest BCUT2D eigenvalue weighted by atomic mass is 35.5. The summed E-state index contributed by atoms with van der Waals surface area (Å²) in [6.45, 7) is 4.58. The summed E-state index contributed by atoms with van der Waals surface area (Å²) < 4.78 is 0. The molecule has 1 aromatic carbocycles. The summed E-state index contributed by atoms with van der Waals surface area (Å²) in [5.41, 5.74) is 1.44. The average molecular weight is 447 g/mol. The lowest BCUT2D eigenvalue weighted by Crippen LogP contribution is -2.47. The Morgan fingerprint density at radius 2 is 1.83 bits per heavy atom. The van der Waals surface area contributed by atoms with Crippen LogP contribution in [0.1, 0.15) is 43.0 Å². The van der Waals surface area contributed by atoms with Gasteiger partial charge in [-0.25, -0.2) is 4.98 Å². The SMILES string of the molecule is CC(C1CC1)N1CCC(N(C)c2ccc(Cl)cc2C(=O)Nc2ccc(Cl)cn2)CC1. The van der Waals surface area contributed by atoms with Crippen LogP contribution in [0.25, 0.3) is 0 Å². The van der Waals surface area contributed by atoms with Crippen LogP contribution in [0, 0.1) is 5.92 Å². The number of carbonyl (C=O) groups is 1. The average Bonchev–Trinajstić information content (AvgIpc) is 3.60. The molecule has 1 aromatic heterocycles. The molecule has 2 aliphatic rings. The molecule has 2 aromatic rings. The summed E-state index contributed by atoms with van der Waals surface area (Å²) in [6, 6.07) is 9.98. The predicted molar refractivity (Wildman–Crippen MR) is 124 cm³/mol. The largest absolute Gasteiger partial charge is 0.371 e. The van der Waals surface area contributed by atoms with Gasteiger partial charge in [0.2, 0.25) is 0 Å². The van der Waals surface area contributed by atoms with Gasteiger partial charge in [0.1, 0.15) is 5.82 Å². The first-order chi connectivity index (χ1) is 14.4.